The molecule has 0 saturated carbocycles. The zero-order valence-electron chi connectivity index (χ0n) is 11.5. The molecular formula is C14H21ClN2O2. The highest BCUT2D eigenvalue weighted by molar-refractivity contribution is 6.31. The molecule has 0 aromatic heterocycles. The molecule has 4 nitrogen and oxygen atoms in total. The summed E-state index contributed by atoms with van der Waals surface area (Å²) in [6.45, 7) is 5.87. The lowest BCUT2D eigenvalue weighted by molar-refractivity contribution is 0.186. The number of aliphatic hydroxyl groups excluding tert-OH is 1. The standard InChI is InChI=1S/C14H21ClN2O2/c1-9(2)13(11-6-4-5-7-12(11)15)17-14(19)16-8-10(3)18/h4-7,9-10,13,18H,8H2,1-3H3,(H2,16,17,19)/t10-,13+/m1/s1. The van der Waals surface area contributed by atoms with Gasteiger partial charge in [0.1, 0.15) is 0 Å². The summed E-state index contributed by atoms with van der Waals surface area (Å²) in [5.74, 6) is 0.206. The maximum Gasteiger partial charge on any atom is 0.315 e. The number of hydrogen-bond donors (Lipinski definition) is 3. The third kappa shape index (κ3) is 5.09. The van der Waals surface area contributed by atoms with Gasteiger partial charge in [-0.1, -0.05) is 43.6 Å². The minimum Gasteiger partial charge on any atom is -0.392 e. The fourth-order valence-corrected chi connectivity index (χ4v) is 2.02. The normalized spacial score (nSPS) is 14.0. The fraction of sp³-hybridized carbons (Fsp3) is 0.500. The van der Waals surface area contributed by atoms with Gasteiger partial charge < -0.3 is 15.7 Å². The molecular weight excluding hydrogens is 264 g/mol. The van der Waals surface area contributed by atoms with Crippen LogP contribution in [0.1, 0.15) is 32.4 Å². The number of rotatable bonds is 5. The van der Waals surface area contributed by atoms with E-state index in [0.29, 0.717) is 5.02 Å². The highest BCUT2D eigenvalue weighted by Gasteiger charge is 2.20. The van der Waals surface area contributed by atoms with Gasteiger partial charge in [0, 0.05) is 11.6 Å². The molecule has 0 heterocycles. The van der Waals surface area contributed by atoms with Crippen LogP contribution in [0, 0.1) is 5.92 Å². The van der Waals surface area contributed by atoms with Crippen LogP contribution in [-0.2, 0) is 0 Å². The number of urea groups is 1. The molecule has 2 atom stereocenters. The molecule has 19 heavy (non-hydrogen) atoms. The number of nitrogens with one attached hydrogen (secondary N) is 2. The van der Waals surface area contributed by atoms with Gasteiger partial charge in [0.25, 0.3) is 0 Å². The van der Waals surface area contributed by atoms with Crippen molar-refractivity contribution in [2.24, 2.45) is 5.92 Å². The van der Waals surface area contributed by atoms with E-state index >= 15 is 0 Å². The van der Waals surface area contributed by atoms with Gasteiger partial charge in [0.15, 0.2) is 0 Å². The Bertz CT molecular complexity index is 422. The first-order valence-corrected chi connectivity index (χ1v) is 6.76. The molecule has 2 amide bonds. The smallest absolute Gasteiger partial charge is 0.315 e. The first-order valence-electron chi connectivity index (χ1n) is 6.38. The Balaban J connectivity index is 2.74. The molecule has 5 heteroatoms. The van der Waals surface area contributed by atoms with E-state index < -0.39 is 6.10 Å². The van der Waals surface area contributed by atoms with Gasteiger partial charge >= 0.3 is 6.03 Å². The highest BCUT2D eigenvalue weighted by Crippen LogP contribution is 2.27. The summed E-state index contributed by atoms with van der Waals surface area (Å²) in [5, 5.41) is 15.3. The van der Waals surface area contributed by atoms with Crippen LogP contribution < -0.4 is 10.6 Å². The molecule has 0 aliphatic carbocycles. The van der Waals surface area contributed by atoms with Crippen LogP contribution in [0.25, 0.3) is 0 Å². The lowest BCUT2D eigenvalue weighted by atomic mass is 9.96. The Morgan fingerprint density at radius 3 is 2.47 bits per heavy atom. The largest absolute Gasteiger partial charge is 0.392 e. The van der Waals surface area contributed by atoms with E-state index in [1.807, 2.05) is 38.1 Å². The Hall–Kier alpha value is -1.26. The van der Waals surface area contributed by atoms with Gasteiger partial charge in [-0.3, -0.25) is 0 Å². The maximum absolute atomic E-state index is 11.8. The van der Waals surface area contributed by atoms with Gasteiger partial charge in [-0.15, -0.1) is 0 Å². The molecule has 3 N–H and O–H groups in total. The lowest BCUT2D eigenvalue weighted by Crippen LogP contribution is -2.42. The quantitative estimate of drug-likeness (QED) is 0.778. The number of benzene rings is 1. The van der Waals surface area contributed by atoms with Crippen molar-refractivity contribution >= 4 is 17.6 Å². The van der Waals surface area contributed by atoms with Crippen LogP contribution in [0.4, 0.5) is 4.79 Å². The predicted octanol–water partition coefficient (Wildman–Crippen LogP) is 2.72. The summed E-state index contributed by atoms with van der Waals surface area (Å²) in [6.07, 6.45) is -0.566. The van der Waals surface area contributed by atoms with E-state index in [9.17, 15) is 4.79 Å². The topological polar surface area (TPSA) is 61.4 Å². The Morgan fingerprint density at radius 2 is 1.95 bits per heavy atom. The number of hydrogen-bond acceptors (Lipinski definition) is 2. The number of amides is 2. The van der Waals surface area contributed by atoms with Crippen LogP contribution in [0.15, 0.2) is 24.3 Å². The van der Waals surface area contributed by atoms with Crippen molar-refractivity contribution in [3.63, 3.8) is 0 Å². The molecule has 0 radical (unpaired) electrons. The van der Waals surface area contributed by atoms with Crippen molar-refractivity contribution in [2.75, 3.05) is 6.54 Å². The van der Waals surface area contributed by atoms with Crippen molar-refractivity contribution < 1.29 is 9.90 Å². The second-order valence-electron chi connectivity index (χ2n) is 4.95. The van der Waals surface area contributed by atoms with Crippen LogP contribution >= 0.6 is 11.6 Å². The van der Waals surface area contributed by atoms with Crippen LogP contribution in [0.3, 0.4) is 0 Å². The van der Waals surface area contributed by atoms with Gasteiger partial charge in [-0.25, -0.2) is 4.79 Å². The molecule has 1 aromatic carbocycles. The number of aliphatic hydroxyl groups is 1. The predicted molar refractivity (Wildman–Crippen MR) is 77.2 cm³/mol. The molecule has 106 valence electrons. The molecule has 0 saturated heterocycles. The molecule has 0 spiro atoms. The SMILES string of the molecule is CC(C)[C@H](NC(=O)NC[C@@H](C)O)c1ccccc1Cl. The second kappa shape index (κ2) is 7.36. The number of halogens is 1. The Labute approximate surface area is 119 Å². The van der Waals surface area contributed by atoms with Crippen LogP contribution in [0.5, 0.6) is 0 Å². The summed E-state index contributed by atoms with van der Waals surface area (Å²) < 4.78 is 0. The highest BCUT2D eigenvalue weighted by atomic mass is 35.5. The van der Waals surface area contributed by atoms with Crippen LogP contribution in [-0.4, -0.2) is 23.8 Å². The molecule has 0 bridgehead atoms. The van der Waals surface area contributed by atoms with E-state index in [0.717, 1.165) is 5.56 Å². The molecule has 0 aliphatic heterocycles. The third-order valence-electron chi connectivity index (χ3n) is 2.75. The van der Waals surface area contributed by atoms with E-state index in [1.54, 1.807) is 6.92 Å². The van der Waals surface area contributed by atoms with Gasteiger partial charge in [-0.05, 0) is 24.5 Å². The monoisotopic (exact) mass is 284 g/mol. The minimum absolute atomic E-state index is 0.164. The average Bonchev–Trinajstić information content (AvgIpc) is 2.34. The Morgan fingerprint density at radius 1 is 1.32 bits per heavy atom. The second-order valence-corrected chi connectivity index (χ2v) is 5.35. The molecule has 1 aromatic rings. The fourth-order valence-electron chi connectivity index (χ4n) is 1.76. The van der Waals surface area contributed by atoms with Crippen molar-refractivity contribution in [1.82, 2.24) is 10.6 Å². The summed E-state index contributed by atoms with van der Waals surface area (Å²) in [7, 11) is 0. The summed E-state index contributed by atoms with van der Waals surface area (Å²) >= 11 is 6.16. The van der Waals surface area contributed by atoms with E-state index in [4.69, 9.17) is 16.7 Å². The third-order valence-corrected chi connectivity index (χ3v) is 3.10. The minimum atomic E-state index is -0.566. The molecule has 0 fully saturated rings. The number of carbonyl (C=O) groups excluding carboxylic acids is 1. The lowest BCUT2D eigenvalue weighted by Gasteiger charge is -2.24. The average molecular weight is 285 g/mol. The zero-order chi connectivity index (χ0) is 14.4. The van der Waals surface area contributed by atoms with Crippen molar-refractivity contribution in [2.45, 2.75) is 32.9 Å². The van der Waals surface area contributed by atoms with Gasteiger partial charge in [0.05, 0.1) is 12.1 Å². The summed E-state index contributed by atoms with van der Waals surface area (Å²) in [5.41, 5.74) is 0.895. The van der Waals surface area contributed by atoms with Gasteiger partial charge in [0.2, 0.25) is 0 Å². The van der Waals surface area contributed by atoms with Crippen LogP contribution in [0.2, 0.25) is 5.02 Å². The van der Waals surface area contributed by atoms with Crippen molar-refractivity contribution in [1.29, 1.82) is 0 Å². The van der Waals surface area contributed by atoms with Crippen molar-refractivity contribution in [3.8, 4) is 0 Å². The van der Waals surface area contributed by atoms with E-state index in [2.05, 4.69) is 10.6 Å². The summed E-state index contributed by atoms with van der Waals surface area (Å²) in [4.78, 5) is 11.8. The number of carbonyl (C=O) groups is 1. The maximum atomic E-state index is 11.8. The van der Waals surface area contributed by atoms with E-state index in [-0.39, 0.29) is 24.5 Å². The Kier molecular flexibility index (Phi) is 6.12. The molecule has 0 unspecified atom stereocenters. The van der Waals surface area contributed by atoms with E-state index in [1.165, 1.54) is 0 Å². The molecule has 1 rings (SSSR count). The first kappa shape index (κ1) is 15.8. The summed E-state index contributed by atoms with van der Waals surface area (Å²) in [6, 6.07) is 6.99. The van der Waals surface area contributed by atoms with Gasteiger partial charge in [-0.2, -0.15) is 0 Å². The van der Waals surface area contributed by atoms with Crippen molar-refractivity contribution in [3.05, 3.63) is 34.9 Å². The zero-order valence-corrected chi connectivity index (χ0v) is 12.2. The first-order chi connectivity index (χ1) is 8.91. The molecule has 0 aliphatic rings.